The van der Waals surface area contributed by atoms with E-state index in [2.05, 4.69) is 0 Å². The number of carboxylic acids is 1. The normalized spacial score (nSPS) is 12.1. The van der Waals surface area contributed by atoms with Crippen LogP contribution in [0.25, 0.3) is 11.1 Å². The summed E-state index contributed by atoms with van der Waals surface area (Å²) in [5.41, 5.74) is 2.45. The van der Waals surface area contributed by atoms with Crippen molar-refractivity contribution < 1.29 is 15.0 Å². The van der Waals surface area contributed by atoms with Gasteiger partial charge < -0.3 is 10.2 Å². The summed E-state index contributed by atoms with van der Waals surface area (Å²) in [7, 11) is 0. The van der Waals surface area contributed by atoms with Gasteiger partial charge >= 0.3 is 5.97 Å². The Labute approximate surface area is 132 Å². The van der Waals surface area contributed by atoms with Crippen LogP contribution < -0.4 is 0 Å². The third-order valence-corrected chi connectivity index (χ3v) is 3.72. The molecule has 2 N–H and O–H groups in total. The van der Waals surface area contributed by atoms with E-state index in [1.807, 2.05) is 18.2 Å². The Kier molecular flexibility index (Phi) is 5.23. The van der Waals surface area contributed by atoms with Crippen molar-refractivity contribution in [2.45, 2.75) is 18.9 Å². The SMILES string of the molecule is O=C(O)CCC(O)c1ccc(-c2ccc(Cl)cc2Cl)cc1. The molecule has 0 aromatic heterocycles. The van der Waals surface area contributed by atoms with E-state index in [0.717, 1.165) is 11.1 Å². The Morgan fingerprint density at radius 2 is 1.76 bits per heavy atom. The molecule has 21 heavy (non-hydrogen) atoms. The third-order valence-electron chi connectivity index (χ3n) is 3.17. The minimum absolute atomic E-state index is 0.0636. The van der Waals surface area contributed by atoms with E-state index in [9.17, 15) is 9.90 Å². The highest BCUT2D eigenvalue weighted by molar-refractivity contribution is 6.36. The summed E-state index contributed by atoms with van der Waals surface area (Å²) in [6.07, 6.45) is -0.654. The Balaban J connectivity index is 2.16. The molecule has 2 aromatic carbocycles. The smallest absolute Gasteiger partial charge is 0.303 e. The Morgan fingerprint density at radius 3 is 2.33 bits per heavy atom. The number of aliphatic hydroxyl groups excluding tert-OH is 1. The first-order chi connectivity index (χ1) is 9.97. The number of benzene rings is 2. The average Bonchev–Trinajstić information content (AvgIpc) is 2.45. The Hall–Kier alpha value is -1.55. The maximum Gasteiger partial charge on any atom is 0.303 e. The van der Waals surface area contributed by atoms with Crippen molar-refractivity contribution in [2.24, 2.45) is 0 Å². The zero-order valence-corrected chi connectivity index (χ0v) is 12.6. The van der Waals surface area contributed by atoms with Crippen molar-refractivity contribution in [1.82, 2.24) is 0 Å². The van der Waals surface area contributed by atoms with Gasteiger partial charge in [-0.25, -0.2) is 0 Å². The van der Waals surface area contributed by atoms with Crippen LogP contribution in [0.5, 0.6) is 0 Å². The van der Waals surface area contributed by atoms with Gasteiger partial charge in [-0.2, -0.15) is 0 Å². The Morgan fingerprint density at radius 1 is 1.10 bits per heavy atom. The maximum atomic E-state index is 10.5. The lowest BCUT2D eigenvalue weighted by molar-refractivity contribution is -0.137. The van der Waals surface area contributed by atoms with Gasteiger partial charge in [0.15, 0.2) is 0 Å². The molecule has 0 fully saturated rings. The fraction of sp³-hybridized carbons (Fsp3) is 0.188. The molecule has 0 heterocycles. The summed E-state index contributed by atoms with van der Waals surface area (Å²) in [4.78, 5) is 10.5. The summed E-state index contributed by atoms with van der Waals surface area (Å²) in [5, 5.41) is 19.7. The fourth-order valence-corrected chi connectivity index (χ4v) is 2.55. The highest BCUT2D eigenvalue weighted by Crippen LogP contribution is 2.31. The summed E-state index contributed by atoms with van der Waals surface area (Å²) in [6.45, 7) is 0. The molecule has 0 spiro atoms. The van der Waals surface area contributed by atoms with Gasteiger partial charge in [-0.05, 0) is 29.7 Å². The van der Waals surface area contributed by atoms with Gasteiger partial charge in [-0.15, -0.1) is 0 Å². The second kappa shape index (κ2) is 6.94. The van der Waals surface area contributed by atoms with Gasteiger partial charge in [0.05, 0.1) is 6.10 Å². The molecule has 5 heteroatoms. The molecule has 110 valence electrons. The lowest BCUT2D eigenvalue weighted by atomic mass is 10.00. The molecule has 3 nitrogen and oxygen atoms in total. The predicted octanol–water partition coefficient (Wildman–Crippen LogP) is 4.56. The number of aliphatic carboxylic acids is 1. The Bertz CT molecular complexity index is 638. The van der Waals surface area contributed by atoms with Crippen LogP contribution in [0, 0.1) is 0 Å². The topological polar surface area (TPSA) is 57.5 Å². The van der Waals surface area contributed by atoms with E-state index in [4.69, 9.17) is 28.3 Å². The second-order valence-corrected chi connectivity index (χ2v) is 5.54. The first-order valence-electron chi connectivity index (χ1n) is 6.42. The van der Waals surface area contributed by atoms with Crippen molar-refractivity contribution in [3.8, 4) is 11.1 Å². The van der Waals surface area contributed by atoms with Crippen molar-refractivity contribution in [2.75, 3.05) is 0 Å². The highest BCUT2D eigenvalue weighted by atomic mass is 35.5. The van der Waals surface area contributed by atoms with Gasteiger partial charge in [-0.3, -0.25) is 4.79 Å². The highest BCUT2D eigenvalue weighted by Gasteiger charge is 2.11. The molecule has 1 unspecified atom stereocenters. The quantitative estimate of drug-likeness (QED) is 0.847. The van der Waals surface area contributed by atoms with E-state index >= 15 is 0 Å². The first-order valence-corrected chi connectivity index (χ1v) is 7.18. The molecular formula is C16H14Cl2O3. The van der Waals surface area contributed by atoms with E-state index in [-0.39, 0.29) is 12.8 Å². The predicted molar refractivity (Wildman–Crippen MR) is 83.7 cm³/mol. The van der Waals surface area contributed by atoms with Crippen LogP contribution in [-0.4, -0.2) is 16.2 Å². The summed E-state index contributed by atoms with van der Waals surface area (Å²) < 4.78 is 0. The molecule has 0 aliphatic carbocycles. The molecule has 0 saturated carbocycles. The van der Waals surface area contributed by atoms with Crippen LogP contribution in [-0.2, 0) is 4.79 Å². The monoisotopic (exact) mass is 324 g/mol. The van der Waals surface area contributed by atoms with E-state index < -0.39 is 12.1 Å². The number of carboxylic acid groups (broad SMARTS) is 1. The van der Waals surface area contributed by atoms with Gasteiger partial charge in [-0.1, -0.05) is 53.5 Å². The van der Waals surface area contributed by atoms with Gasteiger partial charge in [0.25, 0.3) is 0 Å². The lowest BCUT2D eigenvalue weighted by Crippen LogP contribution is -2.02. The largest absolute Gasteiger partial charge is 0.481 e. The van der Waals surface area contributed by atoms with Crippen molar-refractivity contribution in [1.29, 1.82) is 0 Å². The number of carbonyl (C=O) groups is 1. The molecule has 2 rings (SSSR count). The summed E-state index contributed by atoms with van der Waals surface area (Å²) in [6, 6.07) is 12.5. The molecule has 0 aliphatic rings. The molecular weight excluding hydrogens is 311 g/mol. The van der Waals surface area contributed by atoms with Crippen LogP contribution >= 0.6 is 23.2 Å². The van der Waals surface area contributed by atoms with Crippen molar-refractivity contribution >= 4 is 29.2 Å². The minimum Gasteiger partial charge on any atom is -0.481 e. The van der Waals surface area contributed by atoms with Crippen LogP contribution in [0.15, 0.2) is 42.5 Å². The number of halogens is 2. The maximum absolute atomic E-state index is 10.5. The van der Waals surface area contributed by atoms with Crippen LogP contribution in [0.2, 0.25) is 10.0 Å². The van der Waals surface area contributed by atoms with Crippen LogP contribution in [0.3, 0.4) is 0 Å². The van der Waals surface area contributed by atoms with E-state index in [1.54, 1.807) is 24.3 Å². The number of rotatable bonds is 5. The number of aliphatic hydroxyl groups is 1. The molecule has 0 bridgehead atoms. The molecule has 0 radical (unpaired) electrons. The van der Waals surface area contributed by atoms with Gasteiger partial charge in [0.2, 0.25) is 0 Å². The summed E-state index contributed by atoms with van der Waals surface area (Å²) in [5.74, 6) is -0.918. The average molecular weight is 325 g/mol. The molecule has 0 amide bonds. The zero-order chi connectivity index (χ0) is 15.4. The van der Waals surface area contributed by atoms with E-state index in [0.29, 0.717) is 15.6 Å². The van der Waals surface area contributed by atoms with E-state index in [1.165, 1.54) is 0 Å². The standard InChI is InChI=1S/C16H14Cl2O3/c17-12-5-6-13(14(18)9-12)10-1-3-11(4-2-10)15(19)7-8-16(20)21/h1-6,9,15,19H,7-8H2,(H,20,21). The minimum atomic E-state index is -0.918. The molecule has 0 saturated heterocycles. The van der Waals surface area contributed by atoms with Crippen LogP contribution in [0.4, 0.5) is 0 Å². The lowest BCUT2D eigenvalue weighted by Gasteiger charge is -2.11. The van der Waals surface area contributed by atoms with Crippen molar-refractivity contribution in [3.63, 3.8) is 0 Å². The molecule has 0 aliphatic heterocycles. The number of hydrogen-bond acceptors (Lipinski definition) is 2. The van der Waals surface area contributed by atoms with Gasteiger partial charge in [0, 0.05) is 22.0 Å². The first kappa shape index (κ1) is 15.8. The van der Waals surface area contributed by atoms with Crippen LogP contribution in [0.1, 0.15) is 24.5 Å². The molecule has 2 aromatic rings. The fourth-order valence-electron chi connectivity index (χ4n) is 2.04. The summed E-state index contributed by atoms with van der Waals surface area (Å²) >= 11 is 12.0. The molecule has 1 atom stereocenters. The van der Waals surface area contributed by atoms with Crippen molar-refractivity contribution in [3.05, 3.63) is 58.1 Å². The van der Waals surface area contributed by atoms with Gasteiger partial charge in [0.1, 0.15) is 0 Å². The third kappa shape index (κ3) is 4.21. The second-order valence-electron chi connectivity index (χ2n) is 4.69. The number of hydrogen-bond donors (Lipinski definition) is 2. The zero-order valence-electron chi connectivity index (χ0n) is 11.1.